The summed E-state index contributed by atoms with van der Waals surface area (Å²) < 4.78 is 0. The molecule has 1 heterocycles. The fraction of sp³-hybridized carbons (Fsp3) is 1.00. The van der Waals surface area contributed by atoms with Crippen LogP contribution in [0.2, 0.25) is 0 Å². The first kappa shape index (κ1) is 25.0. The van der Waals surface area contributed by atoms with Crippen molar-refractivity contribution in [2.24, 2.45) is 0 Å². The molecule has 1 fully saturated rings. The molecule has 162 valence electrons. The Morgan fingerprint density at radius 2 is 1.07 bits per heavy atom. The molecular weight excluding hydrogens is 328 g/mol. The molecule has 1 aliphatic rings. The third-order valence-corrected chi connectivity index (χ3v) is 6.30. The summed E-state index contributed by atoms with van der Waals surface area (Å²) in [6.07, 6.45) is 25.7. The Bertz CT molecular complexity index is 266. The summed E-state index contributed by atoms with van der Waals surface area (Å²) in [6.45, 7) is 9.83. The van der Waals surface area contributed by atoms with E-state index in [2.05, 4.69) is 24.1 Å². The summed E-state index contributed by atoms with van der Waals surface area (Å²) in [6, 6.07) is 0.771. The number of unbranched alkanes of at least 4 members (excludes halogenated alkanes) is 14. The van der Waals surface area contributed by atoms with E-state index in [4.69, 9.17) is 0 Å². The molecule has 0 aromatic rings. The average Bonchev–Trinajstić information content (AvgIpc) is 3.18. The molecule has 2 heteroatoms. The number of nitrogens with zero attached hydrogens (tertiary/aromatic N) is 1. The van der Waals surface area contributed by atoms with Gasteiger partial charge in [0, 0.05) is 12.6 Å². The van der Waals surface area contributed by atoms with Gasteiger partial charge in [0.15, 0.2) is 0 Å². The largest absolute Gasteiger partial charge is 0.313 e. The molecule has 1 N–H and O–H groups in total. The van der Waals surface area contributed by atoms with Crippen molar-refractivity contribution in [3.05, 3.63) is 0 Å². The molecule has 1 rings (SSSR count). The van der Waals surface area contributed by atoms with Gasteiger partial charge in [0.1, 0.15) is 0 Å². The molecule has 1 atom stereocenters. The second-order valence-corrected chi connectivity index (χ2v) is 9.04. The highest BCUT2D eigenvalue weighted by Crippen LogP contribution is 2.13. The van der Waals surface area contributed by atoms with Crippen LogP contribution in [-0.2, 0) is 0 Å². The first-order chi connectivity index (χ1) is 13.4. The Kier molecular flexibility index (Phi) is 17.8. The third-order valence-electron chi connectivity index (χ3n) is 6.30. The quantitative estimate of drug-likeness (QED) is 0.222. The Balaban J connectivity index is 2.06. The van der Waals surface area contributed by atoms with Crippen molar-refractivity contribution < 1.29 is 0 Å². The van der Waals surface area contributed by atoms with E-state index in [-0.39, 0.29) is 0 Å². The Hall–Kier alpha value is -0.0800. The maximum atomic E-state index is 3.71. The van der Waals surface area contributed by atoms with Gasteiger partial charge >= 0.3 is 0 Å². The van der Waals surface area contributed by atoms with Crippen molar-refractivity contribution in [3.8, 4) is 0 Å². The van der Waals surface area contributed by atoms with Gasteiger partial charge in [-0.2, -0.15) is 0 Å². The van der Waals surface area contributed by atoms with Crippen molar-refractivity contribution >= 4 is 0 Å². The molecule has 0 amide bonds. The minimum absolute atomic E-state index is 0.771. The summed E-state index contributed by atoms with van der Waals surface area (Å²) in [4.78, 5) is 2.79. The third kappa shape index (κ3) is 15.5. The molecular formula is C25H52N2. The van der Waals surface area contributed by atoms with Crippen LogP contribution in [0.15, 0.2) is 0 Å². The minimum Gasteiger partial charge on any atom is -0.313 e. The number of rotatable bonds is 20. The molecule has 1 saturated heterocycles. The predicted octanol–water partition coefficient (Wildman–Crippen LogP) is 7.32. The molecule has 27 heavy (non-hydrogen) atoms. The van der Waals surface area contributed by atoms with Gasteiger partial charge in [-0.1, -0.05) is 104 Å². The second-order valence-electron chi connectivity index (χ2n) is 9.04. The molecule has 0 spiro atoms. The average molecular weight is 381 g/mol. The molecule has 0 bridgehead atoms. The van der Waals surface area contributed by atoms with Gasteiger partial charge in [0.2, 0.25) is 0 Å². The highest BCUT2D eigenvalue weighted by molar-refractivity contribution is 4.78. The van der Waals surface area contributed by atoms with Crippen LogP contribution in [-0.4, -0.2) is 37.1 Å². The van der Waals surface area contributed by atoms with Gasteiger partial charge in [0.05, 0.1) is 0 Å². The van der Waals surface area contributed by atoms with E-state index in [1.807, 2.05) is 0 Å². The van der Waals surface area contributed by atoms with E-state index in [1.165, 1.54) is 142 Å². The highest BCUT2D eigenvalue weighted by Gasteiger charge is 2.17. The SMILES string of the molecule is CCCCCCCCCCN(CCCCCCCCCC)CC1CCCN1. The smallest absolute Gasteiger partial charge is 0.0195 e. The lowest BCUT2D eigenvalue weighted by atomic mass is 10.1. The van der Waals surface area contributed by atoms with E-state index >= 15 is 0 Å². The summed E-state index contributed by atoms with van der Waals surface area (Å²) in [5.41, 5.74) is 0. The van der Waals surface area contributed by atoms with E-state index in [0.29, 0.717) is 0 Å². The molecule has 0 aliphatic carbocycles. The van der Waals surface area contributed by atoms with Crippen LogP contribution in [0.4, 0.5) is 0 Å². The fourth-order valence-corrected chi connectivity index (χ4v) is 4.46. The molecule has 1 unspecified atom stereocenters. The minimum atomic E-state index is 0.771. The van der Waals surface area contributed by atoms with Crippen molar-refractivity contribution in [2.45, 2.75) is 135 Å². The van der Waals surface area contributed by atoms with Crippen molar-refractivity contribution in [1.29, 1.82) is 0 Å². The molecule has 2 nitrogen and oxygen atoms in total. The Morgan fingerprint density at radius 3 is 1.48 bits per heavy atom. The first-order valence-corrected chi connectivity index (χ1v) is 12.8. The molecule has 1 aliphatic heterocycles. The Morgan fingerprint density at radius 1 is 0.630 bits per heavy atom. The molecule has 0 saturated carbocycles. The van der Waals surface area contributed by atoms with Gasteiger partial charge in [-0.05, 0) is 45.3 Å². The van der Waals surface area contributed by atoms with Crippen LogP contribution in [0.3, 0.4) is 0 Å². The lowest BCUT2D eigenvalue weighted by Gasteiger charge is -2.25. The fourth-order valence-electron chi connectivity index (χ4n) is 4.46. The van der Waals surface area contributed by atoms with Gasteiger partial charge in [0.25, 0.3) is 0 Å². The number of hydrogen-bond donors (Lipinski definition) is 1. The summed E-state index contributed by atoms with van der Waals surface area (Å²) >= 11 is 0. The van der Waals surface area contributed by atoms with Crippen LogP contribution >= 0.6 is 0 Å². The van der Waals surface area contributed by atoms with E-state index in [9.17, 15) is 0 Å². The van der Waals surface area contributed by atoms with Gasteiger partial charge in [-0.15, -0.1) is 0 Å². The van der Waals surface area contributed by atoms with Crippen molar-refractivity contribution in [1.82, 2.24) is 10.2 Å². The first-order valence-electron chi connectivity index (χ1n) is 12.8. The van der Waals surface area contributed by atoms with Crippen molar-refractivity contribution in [2.75, 3.05) is 26.2 Å². The van der Waals surface area contributed by atoms with Crippen molar-refractivity contribution in [3.63, 3.8) is 0 Å². The summed E-state index contributed by atoms with van der Waals surface area (Å²) in [7, 11) is 0. The number of nitrogens with one attached hydrogen (secondary N) is 1. The van der Waals surface area contributed by atoms with E-state index < -0.39 is 0 Å². The predicted molar refractivity (Wildman–Crippen MR) is 123 cm³/mol. The monoisotopic (exact) mass is 380 g/mol. The van der Waals surface area contributed by atoms with Crippen LogP contribution in [0, 0.1) is 0 Å². The molecule has 0 aromatic carbocycles. The Labute approximate surface area is 172 Å². The van der Waals surface area contributed by atoms with Crippen LogP contribution in [0.25, 0.3) is 0 Å². The highest BCUT2D eigenvalue weighted by atomic mass is 15.1. The standard InChI is InChI=1S/C25H52N2/c1-3-5-7-9-11-13-15-17-22-27(24-25-20-19-21-26-25)23-18-16-14-12-10-8-6-4-2/h25-26H,3-24H2,1-2H3. The molecule has 0 radical (unpaired) electrons. The maximum absolute atomic E-state index is 3.71. The zero-order chi connectivity index (χ0) is 19.4. The van der Waals surface area contributed by atoms with Crippen LogP contribution in [0.5, 0.6) is 0 Å². The van der Waals surface area contributed by atoms with Gasteiger partial charge in [-0.3, -0.25) is 0 Å². The van der Waals surface area contributed by atoms with E-state index in [1.54, 1.807) is 0 Å². The zero-order valence-electron chi connectivity index (χ0n) is 19.1. The summed E-state index contributed by atoms with van der Waals surface area (Å²) in [5, 5.41) is 3.71. The lowest BCUT2D eigenvalue weighted by molar-refractivity contribution is 0.238. The molecule has 0 aromatic heterocycles. The van der Waals surface area contributed by atoms with Crippen LogP contribution < -0.4 is 5.32 Å². The maximum Gasteiger partial charge on any atom is 0.0195 e. The zero-order valence-corrected chi connectivity index (χ0v) is 19.1. The lowest BCUT2D eigenvalue weighted by Crippen LogP contribution is -2.38. The van der Waals surface area contributed by atoms with Gasteiger partial charge < -0.3 is 10.2 Å². The second kappa shape index (κ2) is 19.2. The summed E-state index contributed by atoms with van der Waals surface area (Å²) in [5.74, 6) is 0. The van der Waals surface area contributed by atoms with Gasteiger partial charge in [-0.25, -0.2) is 0 Å². The number of hydrogen-bond acceptors (Lipinski definition) is 2. The van der Waals surface area contributed by atoms with Crippen LogP contribution in [0.1, 0.15) is 129 Å². The normalized spacial score (nSPS) is 17.2. The topological polar surface area (TPSA) is 15.3 Å². The van der Waals surface area contributed by atoms with E-state index in [0.717, 1.165) is 6.04 Å².